The molecule has 26 heavy (non-hydrogen) atoms. The lowest BCUT2D eigenvalue weighted by Gasteiger charge is -2.11. The number of ether oxygens (including phenoxy) is 2. The molecule has 7 nitrogen and oxygen atoms in total. The third-order valence-electron chi connectivity index (χ3n) is 3.52. The van der Waals surface area contributed by atoms with Crippen LogP contribution in [0.4, 0.5) is 0 Å². The van der Waals surface area contributed by atoms with E-state index in [9.17, 15) is 13.2 Å². The maximum Gasteiger partial charge on any atom is 0.241 e. The van der Waals surface area contributed by atoms with Gasteiger partial charge >= 0.3 is 0 Å². The summed E-state index contributed by atoms with van der Waals surface area (Å²) in [5, 5.41) is 3.14. The fourth-order valence-electron chi connectivity index (χ4n) is 2.13. The molecule has 0 saturated heterocycles. The minimum Gasteiger partial charge on any atom is -0.493 e. The number of amides is 1. The second-order valence-electron chi connectivity index (χ2n) is 5.21. The highest BCUT2D eigenvalue weighted by molar-refractivity contribution is 7.89. The van der Waals surface area contributed by atoms with Crippen molar-refractivity contribution in [3.8, 4) is 11.5 Å². The van der Waals surface area contributed by atoms with Crippen molar-refractivity contribution in [3.63, 3.8) is 0 Å². The number of carbonyl (C=O) groups excluding carboxylic acids is 1. The number of rotatable bonds is 8. The zero-order valence-corrected chi connectivity index (χ0v) is 15.9. The summed E-state index contributed by atoms with van der Waals surface area (Å²) in [6.07, 6.45) is 0. The van der Waals surface area contributed by atoms with Crippen molar-refractivity contribution in [3.05, 3.63) is 53.1 Å². The summed E-state index contributed by atoms with van der Waals surface area (Å²) in [6, 6.07) is 11.2. The number of methoxy groups -OCH3 is 2. The standard InChI is InChI=1S/C17H19ClN2O5S/c1-24-15-8-7-13(9-16(15)25-2)26(22,23)20-11-17(21)19-10-12-5-3-4-6-14(12)18/h3-9,20H,10-11H2,1-2H3,(H,19,21). The molecule has 0 aliphatic rings. The van der Waals surface area contributed by atoms with Crippen molar-refractivity contribution in [2.45, 2.75) is 11.4 Å². The summed E-state index contributed by atoms with van der Waals surface area (Å²) < 4.78 is 37.1. The predicted octanol–water partition coefficient (Wildman–Crippen LogP) is 1.95. The van der Waals surface area contributed by atoms with E-state index < -0.39 is 22.5 Å². The van der Waals surface area contributed by atoms with Gasteiger partial charge in [0.1, 0.15) is 0 Å². The van der Waals surface area contributed by atoms with Crippen molar-refractivity contribution in [2.24, 2.45) is 0 Å². The third kappa shape index (κ3) is 5.10. The summed E-state index contributed by atoms with van der Waals surface area (Å²) in [5.41, 5.74) is 0.741. The number of sulfonamides is 1. The van der Waals surface area contributed by atoms with E-state index in [1.165, 1.54) is 32.4 Å². The van der Waals surface area contributed by atoms with Gasteiger partial charge in [0.25, 0.3) is 0 Å². The van der Waals surface area contributed by atoms with E-state index in [-0.39, 0.29) is 17.2 Å². The van der Waals surface area contributed by atoms with Crippen LogP contribution in [0.2, 0.25) is 5.02 Å². The Labute approximate surface area is 157 Å². The Kier molecular flexibility index (Phi) is 6.84. The Bertz CT molecular complexity index is 886. The van der Waals surface area contributed by atoms with Crippen molar-refractivity contribution >= 4 is 27.5 Å². The van der Waals surface area contributed by atoms with Crippen LogP contribution in [0.5, 0.6) is 11.5 Å². The zero-order chi connectivity index (χ0) is 19.2. The number of benzene rings is 2. The molecule has 0 atom stereocenters. The van der Waals surface area contributed by atoms with Gasteiger partial charge in [-0.25, -0.2) is 13.1 Å². The Morgan fingerprint density at radius 1 is 1.08 bits per heavy atom. The van der Waals surface area contributed by atoms with E-state index in [0.717, 1.165) is 5.56 Å². The van der Waals surface area contributed by atoms with Gasteiger partial charge < -0.3 is 14.8 Å². The molecular weight excluding hydrogens is 380 g/mol. The highest BCUT2D eigenvalue weighted by atomic mass is 35.5. The maximum atomic E-state index is 12.3. The quantitative estimate of drug-likeness (QED) is 0.708. The molecule has 0 aromatic heterocycles. The first-order chi connectivity index (χ1) is 12.4. The lowest BCUT2D eigenvalue weighted by molar-refractivity contribution is -0.120. The number of nitrogens with one attached hydrogen (secondary N) is 2. The summed E-state index contributed by atoms with van der Waals surface area (Å²) in [6.45, 7) is -0.197. The Morgan fingerprint density at radius 3 is 2.42 bits per heavy atom. The molecule has 2 N–H and O–H groups in total. The topological polar surface area (TPSA) is 93.7 Å². The number of hydrogen-bond acceptors (Lipinski definition) is 5. The van der Waals surface area contributed by atoms with Crippen LogP contribution in [0, 0.1) is 0 Å². The highest BCUT2D eigenvalue weighted by Crippen LogP contribution is 2.29. The lowest BCUT2D eigenvalue weighted by atomic mass is 10.2. The van der Waals surface area contributed by atoms with E-state index in [2.05, 4.69) is 10.0 Å². The Morgan fingerprint density at radius 2 is 1.77 bits per heavy atom. The molecule has 1 amide bonds. The van der Waals surface area contributed by atoms with Gasteiger partial charge in [0.2, 0.25) is 15.9 Å². The molecule has 0 spiro atoms. The minimum atomic E-state index is -3.88. The van der Waals surface area contributed by atoms with E-state index in [0.29, 0.717) is 10.8 Å². The number of hydrogen-bond donors (Lipinski definition) is 2. The summed E-state index contributed by atoms with van der Waals surface area (Å²) >= 11 is 6.01. The van der Waals surface area contributed by atoms with E-state index in [1.807, 2.05) is 0 Å². The highest BCUT2D eigenvalue weighted by Gasteiger charge is 2.18. The number of halogens is 1. The van der Waals surface area contributed by atoms with Gasteiger partial charge in [-0.3, -0.25) is 4.79 Å². The molecule has 0 aliphatic heterocycles. The molecule has 9 heteroatoms. The molecule has 2 aromatic rings. The smallest absolute Gasteiger partial charge is 0.241 e. The van der Waals surface area contributed by atoms with Crippen molar-refractivity contribution in [2.75, 3.05) is 20.8 Å². The van der Waals surface area contributed by atoms with Crippen LogP contribution in [0.25, 0.3) is 0 Å². The van der Waals surface area contributed by atoms with Gasteiger partial charge in [-0.2, -0.15) is 0 Å². The van der Waals surface area contributed by atoms with E-state index in [1.54, 1.807) is 24.3 Å². The second kappa shape index (κ2) is 8.88. The first-order valence-corrected chi connectivity index (χ1v) is 9.45. The average molecular weight is 399 g/mol. The largest absolute Gasteiger partial charge is 0.493 e. The van der Waals surface area contributed by atoms with Crippen LogP contribution < -0.4 is 19.5 Å². The molecule has 0 fully saturated rings. The molecule has 0 radical (unpaired) electrons. The Balaban J connectivity index is 1.97. The molecule has 0 aliphatic carbocycles. The SMILES string of the molecule is COc1ccc(S(=O)(=O)NCC(=O)NCc2ccccc2Cl)cc1OC. The van der Waals surface area contributed by atoms with Gasteiger partial charge in [-0.05, 0) is 23.8 Å². The zero-order valence-electron chi connectivity index (χ0n) is 14.3. The maximum absolute atomic E-state index is 12.3. The van der Waals surface area contributed by atoms with Crippen LogP contribution in [-0.2, 0) is 21.4 Å². The summed E-state index contributed by atoms with van der Waals surface area (Å²) in [5.74, 6) is 0.205. The molecule has 2 aromatic carbocycles. The molecule has 2 rings (SSSR count). The van der Waals surface area contributed by atoms with Gasteiger partial charge in [-0.15, -0.1) is 0 Å². The first-order valence-electron chi connectivity index (χ1n) is 7.59. The van der Waals surface area contributed by atoms with Crippen molar-refractivity contribution in [1.29, 1.82) is 0 Å². The minimum absolute atomic E-state index is 0.0333. The van der Waals surface area contributed by atoms with Gasteiger partial charge in [0.05, 0.1) is 25.7 Å². The van der Waals surface area contributed by atoms with Crippen LogP contribution in [-0.4, -0.2) is 35.1 Å². The molecule has 0 bridgehead atoms. The van der Waals surface area contributed by atoms with Gasteiger partial charge in [0, 0.05) is 17.6 Å². The van der Waals surface area contributed by atoms with Crippen LogP contribution >= 0.6 is 11.6 Å². The molecule has 0 heterocycles. The molecule has 0 unspecified atom stereocenters. The predicted molar refractivity (Wildman–Crippen MR) is 98.0 cm³/mol. The fourth-order valence-corrected chi connectivity index (χ4v) is 3.33. The normalized spacial score (nSPS) is 11.0. The van der Waals surface area contributed by atoms with Gasteiger partial charge in [-0.1, -0.05) is 29.8 Å². The Hall–Kier alpha value is -2.29. The van der Waals surface area contributed by atoms with E-state index >= 15 is 0 Å². The van der Waals surface area contributed by atoms with E-state index in [4.69, 9.17) is 21.1 Å². The molecular formula is C17H19ClN2O5S. The van der Waals surface area contributed by atoms with Crippen LogP contribution in [0.3, 0.4) is 0 Å². The monoisotopic (exact) mass is 398 g/mol. The average Bonchev–Trinajstić information content (AvgIpc) is 2.65. The molecule has 140 valence electrons. The second-order valence-corrected chi connectivity index (χ2v) is 7.38. The summed E-state index contributed by atoms with van der Waals surface area (Å²) in [4.78, 5) is 11.9. The fraction of sp³-hybridized carbons (Fsp3) is 0.235. The van der Waals surface area contributed by atoms with Crippen LogP contribution in [0.15, 0.2) is 47.4 Å². The lowest BCUT2D eigenvalue weighted by Crippen LogP contribution is -2.36. The first kappa shape index (κ1) is 20.0. The van der Waals surface area contributed by atoms with Crippen molar-refractivity contribution in [1.82, 2.24) is 10.0 Å². The van der Waals surface area contributed by atoms with Gasteiger partial charge in [0.15, 0.2) is 11.5 Å². The van der Waals surface area contributed by atoms with Crippen LogP contribution in [0.1, 0.15) is 5.56 Å². The molecule has 0 saturated carbocycles. The third-order valence-corrected chi connectivity index (χ3v) is 5.29. The number of carbonyl (C=O) groups is 1. The van der Waals surface area contributed by atoms with Crippen molar-refractivity contribution < 1.29 is 22.7 Å². The summed E-state index contributed by atoms with van der Waals surface area (Å²) in [7, 11) is -1.02.